The van der Waals surface area contributed by atoms with Crippen LogP contribution in [-0.2, 0) is 16.0 Å². The molecular weight excluding hydrogens is 338 g/mol. The SMILES string of the molecule is COc1ccc(Br)c(CC(=O)N2C[C@@H](C)[C@H](C(=O)O)C2)c1. The molecule has 1 aromatic carbocycles. The second-order valence-corrected chi connectivity index (χ2v) is 6.21. The van der Waals surface area contributed by atoms with E-state index in [0.29, 0.717) is 12.3 Å². The molecule has 114 valence electrons. The Kier molecular flexibility index (Phi) is 4.88. The number of hydrogen-bond donors (Lipinski definition) is 1. The first-order valence-corrected chi connectivity index (χ1v) is 7.54. The summed E-state index contributed by atoms with van der Waals surface area (Å²) < 4.78 is 6.01. The first-order valence-electron chi connectivity index (χ1n) is 6.75. The van der Waals surface area contributed by atoms with Crippen LogP contribution in [0.3, 0.4) is 0 Å². The average Bonchev–Trinajstić information content (AvgIpc) is 2.83. The highest BCUT2D eigenvalue weighted by Crippen LogP contribution is 2.26. The van der Waals surface area contributed by atoms with E-state index >= 15 is 0 Å². The fraction of sp³-hybridized carbons (Fsp3) is 0.467. The maximum absolute atomic E-state index is 12.4. The van der Waals surface area contributed by atoms with Crippen molar-refractivity contribution < 1.29 is 19.4 Å². The lowest BCUT2D eigenvalue weighted by molar-refractivity contribution is -0.142. The molecule has 2 rings (SSSR count). The summed E-state index contributed by atoms with van der Waals surface area (Å²) in [5.41, 5.74) is 0.839. The van der Waals surface area contributed by atoms with Gasteiger partial charge in [-0.3, -0.25) is 9.59 Å². The zero-order valence-corrected chi connectivity index (χ0v) is 13.6. The number of nitrogens with zero attached hydrogens (tertiary/aromatic N) is 1. The van der Waals surface area contributed by atoms with Crippen molar-refractivity contribution in [3.63, 3.8) is 0 Å². The van der Waals surface area contributed by atoms with E-state index < -0.39 is 11.9 Å². The van der Waals surface area contributed by atoms with Crippen LogP contribution < -0.4 is 4.74 Å². The number of likely N-dealkylation sites (tertiary alicyclic amines) is 1. The van der Waals surface area contributed by atoms with Crippen molar-refractivity contribution in [2.45, 2.75) is 13.3 Å². The standard InChI is InChI=1S/C15H18BrNO4/c1-9-7-17(8-12(9)15(19)20)14(18)6-10-5-11(21-2)3-4-13(10)16/h3-5,9,12H,6-8H2,1-2H3,(H,19,20)/t9-,12-/m1/s1. The average molecular weight is 356 g/mol. The van der Waals surface area contributed by atoms with Gasteiger partial charge in [0.2, 0.25) is 5.91 Å². The first-order chi connectivity index (χ1) is 9.92. The van der Waals surface area contributed by atoms with E-state index in [0.717, 1.165) is 10.0 Å². The summed E-state index contributed by atoms with van der Waals surface area (Å²) in [6, 6.07) is 5.47. The minimum absolute atomic E-state index is 0.0137. The Hall–Kier alpha value is -1.56. The highest BCUT2D eigenvalue weighted by atomic mass is 79.9. The summed E-state index contributed by atoms with van der Waals surface area (Å²) in [6.45, 7) is 2.65. The molecule has 1 aliphatic heterocycles. The zero-order valence-electron chi connectivity index (χ0n) is 12.0. The molecule has 0 saturated carbocycles. The monoisotopic (exact) mass is 355 g/mol. The quantitative estimate of drug-likeness (QED) is 0.898. The van der Waals surface area contributed by atoms with Gasteiger partial charge in [-0.1, -0.05) is 22.9 Å². The first kappa shape index (κ1) is 15.8. The third-order valence-corrected chi connectivity index (χ3v) is 4.65. The maximum Gasteiger partial charge on any atom is 0.308 e. The molecule has 0 spiro atoms. The van der Waals surface area contributed by atoms with Crippen LogP contribution in [0.5, 0.6) is 5.75 Å². The molecule has 2 atom stereocenters. The Bertz CT molecular complexity index is 561. The second-order valence-electron chi connectivity index (χ2n) is 5.35. The lowest BCUT2D eigenvalue weighted by atomic mass is 9.99. The van der Waals surface area contributed by atoms with Crippen LogP contribution in [0.1, 0.15) is 12.5 Å². The highest BCUT2D eigenvalue weighted by molar-refractivity contribution is 9.10. The molecule has 1 N–H and O–H groups in total. The largest absolute Gasteiger partial charge is 0.497 e. The van der Waals surface area contributed by atoms with Crippen molar-refractivity contribution >= 4 is 27.8 Å². The molecule has 0 aromatic heterocycles. The summed E-state index contributed by atoms with van der Waals surface area (Å²) >= 11 is 3.42. The number of methoxy groups -OCH3 is 1. The van der Waals surface area contributed by atoms with Gasteiger partial charge in [0, 0.05) is 17.6 Å². The lowest BCUT2D eigenvalue weighted by Gasteiger charge is -2.16. The minimum Gasteiger partial charge on any atom is -0.497 e. The summed E-state index contributed by atoms with van der Waals surface area (Å²) in [4.78, 5) is 25.1. The summed E-state index contributed by atoms with van der Waals surface area (Å²) in [6.07, 6.45) is 0.233. The Labute approximate surface area is 132 Å². The lowest BCUT2D eigenvalue weighted by Crippen LogP contribution is -2.31. The van der Waals surface area contributed by atoms with E-state index in [1.165, 1.54) is 0 Å². The minimum atomic E-state index is -0.833. The Morgan fingerprint density at radius 3 is 2.71 bits per heavy atom. The van der Waals surface area contributed by atoms with E-state index in [9.17, 15) is 9.59 Å². The number of rotatable bonds is 4. The smallest absolute Gasteiger partial charge is 0.308 e. The van der Waals surface area contributed by atoms with Gasteiger partial charge in [0.1, 0.15) is 5.75 Å². The molecule has 0 aliphatic carbocycles. The molecule has 0 unspecified atom stereocenters. The number of hydrogen-bond acceptors (Lipinski definition) is 3. The van der Waals surface area contributed by atoms with Crippen molar-refractivity contribution in [1.29, 1.82) is 0 Å². The Morgan fingerprint density at radius 1 is 1.43 bits per heavy atom. The molecule has 1 aromatic rings. The Balaban J connectivity index is 2.07. The van der Waals surface area contributed by atoms with Gasteiger partial charge in [0.25, 0.3) is 0 Å². The predicted molar refractivity (Wildman–Crippen MR) is 81.3 cm³/mol. The number of amides is 1. The van der Waals surface area contributed by atoms with Crippen LogP contribution in [0.15, 0.2) is 22.7 Å². The van der Waals surface area contributed by atoms with Crippen LogP contribution in [0, 0.1) is 11.8 Å². The van der Waals surface area contributed by atoms with Crippen LogP contribution in [-0.4, -0.2) is 42.1 Å². The molecule has 1 fully saturated rings. The molecule has 1 aliphatic rings. The number of carboxylic acid groups (broad SMARTS) is 1. The van der Waals surface area contributed by atoms with Gasteiger partial charge in [-0.05, 0) is 29.7 Å². The summed E-state index contributed by atoms with van der Waals surface area (Å²) in [5.74, 6) is -0.679. The predicted octanol–water partition coefficient (Wildman–Crippen LogP) is 2.18. The molecule has 1 amide bonds. The van der Waals surface area contributed by atoms with Gasteiger partial charge >= 0.3 is 5.97 Å². The van der Waals surface area contributed by atoms with Gasteiger partial charge in [-0.15, -0.1) is 0 Å². The van der Waals surface area contributed by atoms with Crippen LogP contribution in [0.4, 0.5) is 0 Å². The maximum atomic E-state index is 12.4. The number of aliphatic carboxylic acids is 1. The van der Waals surface area contributed by atoms with E-state index in [2.05, 4.69) is 15.9 Å². The molecule has 1 saturated heterocycles. The normalized spacial score (nSPS) is 21.4. The van der Waals surface area contributed by atoms with Gasteiger partial charge in [0.05, 0.1) is 19.4 Å². The molecule has 0 radical (unpaired) electrons. The zero-order chi connectivity index (χ0) is 15.6. The third kappa shape index (κ3) is 3.56. The number of carbonyl (C=O) groups is 2. The van der Waals surface area contributed by atoms with Crippen molar-refractivity contribution in [3.8, 4) is 5.75 Å². The Morgan fingerprint density at radius 2 is 2.14 bits per heavy atom. The van der Waals surface area contributed by atoms with E-state index in [-0.39, 0.29) is 24.8 Å². The van der Waals surface area contributed by atoms with Gasteiger partial charge < -0.3 is 14.7 Å². The van der Waals surface area contributed by atoms with Gasteiger partial charge in [-0.25, -0.2) is 0 Å². The van der Waals surface area contributed by atoms with Gasteiger partial charge in [-0.2, -0.15) is 0 Å². The molecule has 0 bridgehead atoms. The van der Waals surface area contributed by atoms with Crippen molar-refractivity contribution in [2.24, 2.45) is 11.8 Å². The van der Waals surface area contributed by atoms with Gasteiger partial charge in [0.15, 0.2) is 0 Å². The highest BCUT2D eigenvalue weighted by Gasteiger charge is 2.36. The van der Waals surface area contributed by atoms with E-state index in [4.69, 9.17) is 9.84 Å². The van der Waals surface area contributed by atoms with E-state index in [1.54, 1.807) is 12.0 Å². The number of carbonyl (C=O) groups excluding carboxylic acids is 1. The topological polar surface area (TPSA) is 66.8 Å². The number of benzene rings is 1. The number of ether oxygens (including phenoxy) is 1. The fourth-order valence-corrected chi connectivity index (χ4v) is 2.97. The molecule has 5 nitrogen and oxygen atoms in total. The third-order valence-electron chi connectivity index (χ3n) is 3.88. The van der Waals surface area contributed by atoms with Crippen LogP contribution >= 0.6 is 15.9 Å². The molecule has 1 heterocycles. The number of halogens is 1. The molecular formula is C15H18BrNO4. The summed E-state index contributed by atoms with van der Waals surface area (Å²) in [5, 5.41) is 9.12. The molecule has 21 heavy (non-hydrogen) atoms. The van der Waals surface area contributed by atoms with Crippen LogP contribution in [0.2, 0.25) is 0 Å². The van der Waals surface area contributed by atoms with Crippen molar-refractivity contribution in [3.05, 3.63) is 28.2 Å². The molecule has 6 heteroatoms. The van der Waals surface area contributed by atoms with Crippen LogP contribution in [0.25, 0.3) is 0 Å². The second kappa shape index (κ2) is 6.47. The van der Waals surface area contributed by atoms with E-state index in [1.807, 2.05) is 25.1 Å². The van der Waals surface area contributed by atoms with Crippen molar-refractivity contribution in [2.75, 3.05) is 20.2 Å². The fourth-order valence-electron chi connectivity index (χ4n) is 2.58. The van der Waals surface area contributed by atoms with Crippen molar-refractivity contribution in [1.82, 2.24) is 4.90 Å². The summed E-state index contributed by atoms with van der Waals surface area (Å²) in [7, 11) is 1.58. The number of carboxylic acids is 1.